The molecule has 94 valence electrons. The van der Waals surface area contributed by atoms with Crippen molar-refractivity contribution in [1.82, 2.24) is 10.3 Å². The molecule has 0 saturated carbocycles. The maximum atomic E-state index is 4.49. The van der Waals surface area contributed by atoms with Gasteiger partial charge in [-0.2, -0.15) is 0 Å². The van der Waals surface area contributed by atoms with E-state index in [0.717, 1.165) is 30.0 Å². The minimum atomic E-state index is 0.306. The average Bonchev–Trinajstić information content (AvgIpc) is 2.28. The lowest BCUT2D eigenvalue weighted by molar-refractivity contribution is 0.583. The van der Waals surface area contributed by atoms with Crippen molar-refractivity contribution in [3.8, 4) is 0 Å². The number of nitrogens with zero attached hydrogens (tertiary/aromatic N) is 2. The van der Waals surface area contributed by atoms with E-state index in [-0.39, 0.29) is 0 Å². The lowest BCUT2D eigenvalue weighted by Gasteiger charge is -2.20. The van der Waals surface area contributed by atoms with Gasteiger partial charge in [0, 0.05) is 19.6 Å². The van der Waals surface area contributed by atoms with Gasteiger partial charge in [-0.05, 0) is 32.5 Å². The fourth-order valence-electron chi connectivity index (χ4n) is 1.79. The molecular weight excluding hydrogens is 210 g/mol. The molecule has 0 aromatic carbocycles. The third kappa shape index (κ3) is 4.19. The third-order valence-corrected chi connectivity index (χ3v) is 2.67. The van der Waals surface area contributed by atoms with Crippen LogP contribution in [0.5, 0.6) is 0 Å². The minimum absolute atomic E-state index is 0.306. The lowest BCUT2D eigenvalue weighted by Crippen LogP contribution is -2.21. The number of rotatable bonds is 6. The quantitative estimate of drug-likeness (QED) is 0.766. The van der Waals surface area contributed by atoms with E-state index in [1.54, 1.807) is 0 Å². The van der Waals surface area contributed by atoms with Crippen LogP contribution in [0.15, 0.2) is 30.5 Å². The van der Waals surface area contributed by atoms with Crippen LogP contribution >= 0.6 is 0 Å². The zero-order valence-corrected chi connectivity index (χ0v) is 11.3. The molecule has 1 aromatic rings. The van der Waals surface area contributed by atoms with Gasteiger partial charge in [0.1, 0.15) is 0 Å². The zero-order chi connectivity index (χ0) is 12.8. The first-order valence-corrected chi connectivity index (χ1v) is 6.09. The SMILES string of the molecule is C=C(C)CN(C)c1ccc(C(C)NCC)nc1. The molecular formula is C14H23N3. The number of anilines is 1. The molecule has 17 heavy (non-hydrogen) atoms. The molecule has 0 saturated heterocycles. The Morgan fingerprint density at radius 2 is 2.24 bits per heavy atom. The van der Waals surface area contributed by atoms with Crippen molar-refractivity contribution < 1.29 is 0 Å². The van der Waals surface area contributed by atoms with Crippen molar-refractivity contribution >= 4 is 5.69 Å². The van der Waals surface area contributed by atoms with Gasteiger partial charge in [-0.3, -0.25) is 4.98 Å². The van der Waals surface area contributed by atoms with E-state index < -0.39 is 0 Å². The number of aromatic nitrogens is 1. The third-order valence-electron chi connectivity index (χ3n) is 2.67. The Balaban J connectivity index is 2.70. The Morgan fingerprint density at radius 3 is 2.71 bits per heavy atom. The van der Waals surface area contributed by atoms with Crippen molar-refractivity contribution in [1.29, 1.82) is 0 Å². The molecule has 0 fully saturated rings. The normalized spacial score (nSPS) is 12.2. The summed E-state index contributed by atoms with van der Waals surface area (Å²) in [6, 6.07) is 4.50. The highest BCUT2D eigenvalue weighted by Gasteiger charge is 2.06. The molecule has 1 heterocycles. The van der Waals surface area contributed by atoms with Crippen molar-refractivity contribution in [2.24, 2.45) is 0 Å². The van der Waals surface area contributed by atoms with Crippen LogP contribution in [-0.4, -0.2) is 25.1 Å². The minimum Gasteiger partial charge on any atom is -0.369 e. The molecule has 1 N–H and O–H groups in total. The van der Waals surface area contributed by atoms with E-state index >= 15 is 0 Å². The van der Waals surface area contributed by atoms with E-state index in [1.807, 2.05) is 13.1 Å². The first kappa shape index (κ1) is 13.7. The summed E-state index contributed by atoms with van der Waals surface area (Å²) in [7, 11) is 2.05. The molecule has 0 bridgehead atoms. The second kappa shape index (κ2) is 6.40. The van der Waals surface area contributed by atoms with Crippen molar-refractivity contribution in [2.75, 3.05) is 25.0 Å². The van der Waals surface area contributed by atoms with Gasteiger partial charge in [-0.1, -0.05) is 19.1 Å². The topological polar surface area (TPSA) is 28.2 Å². The Kier molecular flexibility index (Phi) is 5.16. The van der Waals surface area contributed by atoms with Crippen LogP contribution in [-0.2, 0) is 0 Å². The van der Waals surface area contributed by atoms with Gasteiger partial charge in [0.2, 0.25) is 0 Å². The van der Waals surface area contributed by atoms with E-state index in [4.69, 9.17) is 0 Å². The summed E-state index contributed by atoms with van der Waals surface area (Å²) in [5.41, 5.74) is 3.36. The molecule has 0 aliphatic rings. The van der Waals surface area contributed by atoms with E-state index in [9.17, 15) is 0 Å². The Hall–Kier alpha value is -1.35. The first-order valence-electron chi connectivity index (χ1n) is 6.09. The molecule has 1 atom stereocenters. The van der Waals surface area contributed by atoms with Crippen LogP contribution in [0.25, 0.3) is 0 Å². The van der Waals surface area contributed by atoms with Gasteiger partial charge in [0.15, 0.2) is 0 Å². The van der Waals surface area contributed by atoms with Gasteiger partial charge >= 0.3 is 0 Å². The fraction of sp³-hybridized carbons (Fsp3) is 0.500. The van der Waals surface area contributed by atoms with Gasteiger partial charge in [0.25, 0.3) is 0 Å². The number of likely N-dealkylation sites (N-methyl/N-ethyl adjacent to an activating group) is 1. The molecule has 0 radical (unpaired) electrons. The molecule has 1 unspecified atom stereocenters. The Morgan fingerprint density at radius 1 is 1.53 bits per heavy atom. The zero-order valence-electron chi connectivity index (χ0n) is 11.3. The van der Waals surface area contributed by atoms with E-state index in [0.29, 0.717) is 6.04 Å². The van der Waals surface area contributed by atoms with Crippen molar-refractivity contribution in [3.05, 3.63) is 36.2 Å². The average molecular weight is 233 g/mol. The molecule has 1 rings (SSSR count). The van der Waals surface area contributed by atoms with Crippen LogP contribution in [0.3, 0.4) is 0 Å². The number of pyridine rings is 1. The number of hydrogen-bond acceptors (Lipinski definition) is 3. The number of hydrogen-bond donors (Lipinski definition) is 1. The highest BCUT2D eigenvalue weighted by molar-refractivity contribution is 5.45. The van der Waals surface area contributed by atoms with Crippen molar-refractivity contribution in [2.45, 2.75) is 26.8 Å². The van der Waals surface area contributed by atoms with Crippen LogP contribution < -0.4 is 10.2 Å². The van der Waals surface area contributed by atoms with Crippen LogP contribution in [0, 0.1) is 0 Å². The van der Waals surface area contributed by atoms with Gasteiger partial charge in [-0.15, -0.1) is 0 Å². The fourth-order valence-corrected chi connectivity index (χ4v) is 1.79. The van der Waals surface area contributed by atoms with Crippen LogP contribution in [0.4, 0.5) is 5.69 Å². The van der Waals surface area contributed by atoms with E-state index in [1.165, 1.54) is 0 Å². The lowest BCUT2D eigenvalue weighted by atomic mass is 10.2. The summed E-state index contributed by atoms with van der Waals surface area (Å²) < 4.78 is 0. The summed E-state index contributed by atoms with van der Waals surface area (Å²) >= 11 is 0. The molecule has 0 spiro atoms. The Labute approximate surface area is 105 Å². The van der Waals surface area contributed by atoms with Crippen molar-refractivity contribution in [3.63, 3.8) is 0 Å². The van der Waals surface area contributed by atoms with Gasteiger partial charge in [0.05, 0.1) is 17.6 Å². The van der Waals surface area contributed by atoms with Crippen LogP contribution in [0.2, 0.25) is 0 Å². The monoisotopic (exact) mass is 233 g/mol. The maximum Gasteiger partial charge on any atom is 0.0572 e. The summed E-state index contributed by atoms with van der Waals surface area (Å²) in [6.45, 7) is 12.0. The summed E-state index contributed by atoms with van der Waals surface area (Å²) in [6.07, 6.45) is 1.92. The molecule has 0 aliphatic carbocycles. The first-order chi connectivity index (χ1) is 8.04. The maximum absolute atomic E-state index is 4.49. The smallest absolute Gasteiger partial charge is 0.0572 e. The molecule has 0 amide bonds. The largest absolute Gasteiger partial charge is 0.369 e. The summed E-state index contributed by atoms with van der Waals surface area (Å²) in [4.78, 5) is 6.64. The van der Waals surface area contributed by atoms with Crippen LogP contribution in [0.1, 0.15) is 32.5 Å². The number of nitrogens with one attached hydrogen (secondary N) is 1. The second-order valence-corrected chi connectivity index (χ2v) is 4.53. The highest BCUT2D eigenvalue weighted by atomic mass is 15.1. The predicted octanol–water partition coefficient (Wildman–Crippen LogP) is 2.76. The van der Waals surface area contributed by atoms with Gasteiger partial charge < -0.3 is 10.2 Å². The summed E-state index contributed by atoms with van der Waals surface area (Å²) in [5, 5.41) is 3.35. The van der Waals surface area contributed by atoms with E-state index in [2.05, 4.69) is 54.8 Å². The summed E-state index contributed by atoms with van der Waals surface area (Å²) in [5.74, 6) is 0. The predicted molar refractivity (Wildman–Crippen MR) is 74.4 cm³/mol. The molecule has 3 nitrogen and oxygen atoms in total. The molecule has 0 aliphatic heterocycles. The molecule has 3 heteroatoms. The highest BCUT2D eigenvalue weighted by Crippen LogP contribution is 2.15. The Bertz CT molecular complexity index is 356. The standard InChI is InChI=1S/C14H23N3/c1-6-15-12(4)14-8-7-13(9-16-14)17(5)10-11(2)3/h7-9,12,15H,2,6,10H2,1,3-5H3. The molecule has 1 aromatic heterocycles. The second-order valence-electron chi connectivity index (χ2n) is 4.53. The van der Waals surface area contributed by atoms with Gasteiger partial charge in [-0.25, -0.2) is 0 Å².